The van der Waals surface area contributed by atoms with Crippen molar-refractivity contribution in [3.05, 3.63) is 65.0 Å². The Hall–Kier alpha value is -2.55. The Morgan fingerprint density at radius 1 is 1.13 bits per heavy atom. The Labute approximate surface area is 180 Å². The molecule has 1 unspecified atom stereocenters. The van der Waals surface area contributed by atoms with Crippen molar-refractivity contribution in [1.82, 2.24) is 9.29 Å². The van der Waals surface area contributed by atoms with Gasteiger partial charge in [-0.25, -0.2) is 13.4 Å². The van der Waals surface area contributed by atoms with Gasteiger partial charge in [-0.2, -0.15) is 4.31 Å². The van der Waals surface area contributed by atoms with Crippen LogP contribution in [0.1, 0.15) is 24.3 Å². The van der Waals surface area contributed by atoms with Crippen molar-refractivity contribution in [2.45, 2.75) is 37.1 Å². The fourth-order valence-corrected chi connectivity index (χ4v) is 5.96. The third-order valence-corrected chi connectivity index (χ3v) is 7.85. The van der Waals surface area contributed by atoms with Crippen LogP contribution in [0.15, 0.2) is 64.9 Å². The van der Waals surface area contributed by atoms with Crippen LogP contribution in [0.4, 0.5) is 5.69 Å². The minimum atomic E-state index is -3.73. The first-order valence-electron chi connectivity index (χ1n) is 9.85. The van der Waals surface area contributed by atoms with Crippen LogP contribution >= 0.6 is 11.3 Å². The number of nitrogens with zero attached hydrogens (tertiary/aromatic N) is 2. The molecular formula is C22H23N3O3S2. The van der Waals surface area contributed by atoms with Gasteiger partial charge in [0.25, 0.3) is 0 Å². The van der Waals surface area contributed by atoms with E-state index in [9.17, 15) is 13.2 Å². The lowest BCUT2D eigenvalue weighted by atomic mass is 10.0. The van der Waals surface area contributed by atoms with Crippen LogP contribution in [0.5, 0.6) is 0 Å². The number of sulfonamides is 1. The summed E-state index contributed by atoms with van der Waals surface area (Å²) in [5, 5.41) is 5.87. The molecule has 1 amide bonds. The Kier molecular flexibility index (Phi) is 5.99. The molecule has 4 rings (SSSR count). The Bertz CT molecular complexity index is 1140. The van der Waals surface area contributed by atoms with Crippen molar-refractivity contribution < 1.29 is 13.2 Å². The predicted molar refractivity (Wildman–Crippen MR) is 119 cm³/mol. The topological polar surface area (TPSA) is 79.4 Å². The molecule has 0 aliphatic carbocycles. The SMILES string of the molecule is Cc1nc(-c2cccc(NC(=O)C3CCCCN3S(=O)(=O)c3ccccc3)c2)cs1. The first-order chi connectivity index (χ1) is 14.4. The molecule has 1 saturated heterocycles. The van der Waals surface area contributed by atoms with Gasteiger partial charge >= 0.3 is 0 Å². The smallest absolute Gasteiger partial charge is 0.243 e. The summed E-state index contributed by atoms with van der Waals surface area (Å²) in [6.07, 6.45) is 2.06. The van der Waals surface area contributed by atoms with Gasteiger partial charge in [-0.05, 0) is 44.0 Å². The Morgan fingerprint density at radius 2 is 1.93 bits per heavy atom. The lowest BCUT2D eigenvalue weighted by Gasteiger charge is -2.33. The van der Waals surface area contributed by atoms with Gasteiger partial charge in [0.1, 0.15) is 6.04 Å². The minimum Gasteiger partial charge on any atom is -0.325 e. The first kappa shape index (κ1) is 20.7. The van der Waals surface area contributed by atoms with Crippen LogP contribution in [0.3, 0.4) is 0 Å². The lowest BCUT2D eigenvalue weighted by molar-refractivity contribution is -0.120. The van der Waals surface area contributed by atoms with Crippen LogP contribution in [-0.4, -0.2) is 36.2 Å². The fraction of sp³-hybridized carbons (Fsp3) is 0.273. The second kappa shape index (κ2) is 8.67. The number of hydrogen-bond donors (Lipinski definition) is 1. The second-order valence-electron chi connectivity index (χ2n) is 7.26. The molecule has 0 saturated carbocycles. The second-order valence-corrected chi connectivity index (χ2v) is 10.2. The molecule has 3 aromatic rings. The third-order valence-electron chi connectivity index (χ3n) is 5.15. The van der Waals surface area contributed by atoms with Crippen LogP contribution in [-0.2, 0) is 14.8 Å². The van der Waals surface area contributed by atoms with E-state index in [0.717, 1.165) is 29.1 Å². The zero-order valence-electron chi connectivity index (χ0n) is 16.6. The van der Waals surface area contributed by atoms with Gasteiger partial charge in [0.05, 0.1) is 15.6 Å². The van der Waals surface area contributed by atoms with Gasteiger partial charge in [0.2, 0.25) is 15.9 Å². The number of aryl methyl sites for hydroxylation is 1. The quantitative estimate of drug-likeness (QED) is 0.640. The highest BCUT2D eigenvalue weighted by atomic mass is 32.2. The minimum absolute atomic E-state index is 0.214. The molecule has 1 N–H and O–H groups in total. The lowest BCUT2D eigenvalue weighted by Crippen LogP contribution is -2.49. The van der Waals surface area contributed by atoms with Crippen molar-refractivity contribution >= 4 is 33.0 Å². The summed E-state index contributed by atoms with van der Waals surface area (Å²) in [6.45, 7) is 2.29. The molecule has 6 nitrogen and oxygen atoms in total. The summed E-state index contributed by atoms with van der Waals surface area (Å²) in [4.78, 5) is 17.8. The molecule has 2 aromatic carbocycles. The van der Waals surface area contributed by atoms with E-state index in [0.29, 0.717) is 18.7 Å². The van der Waals surface area contributed by atoms with Crippen molar-refractivity contribution in [1.29, 1.82) is 0 Å². The van der Waals surface area contributed by atoms with E-state index in [-0.39, 0.29) is 10.8 Å². The first-order valence-corrected chi connectivity index (χ1v) is 12.2. The number of carbonyl (C=O) groups excluding carboxylic acids is 1. The van der Waals surface area contributed by atoms with Crippen molar-refractivity contribution in [2.75, 3.05) is 11.9 Å². The van der Waals surface area contributed by atoms with E-state index < -0.39 is 16.1 Å². The predicted octanol–water partition coefficient (Wildman–Crippen LogP) is 4.30. The number of thiazole rings is 1. The monoisotopic (exact) mass is 441 g/mol. The zero-order valence-corrected chi connectivity index (χ0v) is 18.2. The van der Waals surface area contributed by atoms with E-state index in [1.807, 2.05) is 30.5 Å². The molecule has 0 radical (unpaired) electrons. The number of benzene rings is 2. The van der Waals surface area contributed by atoms with E-state index in [4.69, 9.17) is 0 Å². The summed E-state index contributed by atoms with van der Waals surface area (Å²) < 4.78 is 27.6. The van der Waals surface area contributed by atoms with E-state index in [2.05, 4.69) is 10.3 Å². The number of hydrogen-bond acceptors (Lipinski definition) is 5. The van der Waals surface area contributed by atoms with E-state index >= 15 is 0 Å². The molecule has 1 aliphatic heterocycles. The molecule has 0 bridgehead atoms. The third kappa shape index (κ3) is 4.30. The number of nitrogens with one attached hydrogen (secondary N) is 1. The number of anilines is 1. The summed E-state index contributed by atoms with van der Waals surface area (Å²) in [7, 11) is -3.73. The van der Waals surface area contributed by atoms with Gasteiger partial charge < -0.3 is 5.32 Å². The van der Waals surface area contributed by atoms with Gasteiger partial charge in [0.15, 0.2) is 0 Å². The van der Waals surface area contributed by atoms with Crippen LogP contribution in [0.25, 0.3) is 11.3 Å². The van der Waals surface area contributed by atoms with Crippen molar-refractivity contribution in [3.8, 4) is 11.3 Å². The van der Waals surface area contributed by atoms with Gasteiger partial charge in [-0.3, -0.25) is 4.79 Å². The maximum absolute atomic E-state index is 13.1. The van der Waals surface area contributed by atoms with Crippen molar-refractivity contribution in [3.63, 3.8) is 0 Å². The molecule has 2 heterocycles. The summed E-state index contributed by atoms with van der Waals surface area (Å²) >= 11 is 1.57. The Morgan fingerprint density at radius 3 is 2.67 bits per heavy atom. The van der Waals surface area contributed by atoms with Crippen LogP contribution in [0, 0.1) is 6.92 Å². The zero-order chi connectivity index (χ0) is 21.1. The number of rotatable bonds is 5. The highest BCUT2D eigenvalue weighted by Gasteiger charge is 2.37. The summed E-state index contributed by atoms with van der Waals surface area (Å²) in [6, 6.07) is 15.0. The van der Waals surface area contributed by atoms with E-state index in [1.54, 1.807) is 47.7 Å². The molecule has 1 aliphatic rings. The molecule has 30 heavy (non-hydrogen) atoms. The van der Waals surface area contributed by atoms with Crippen LogP contribution in [0.2, 0.25) is 0 Å². The average molecular weight is 442 g/mol. The number of carbonyl (C=O) groups is 1. The summed E-state index contributed by atoms with van der Waals surface area (Å²) in [5.74, 6) is -0.305. The van der Waals surface area contributed by atoms with Crippen molar-refractivity contribution in [2.24, 2.45) is 0 Å². The van der Waals surface area contributed by atoms with Gasteiger partial charge in [-0.1, -0.05) is 36.8 Å². The van der Waals surface area contributed by atoms with Crippen LogP contribution < -0.4 is 5.32 Å². The molecule has 1 atom stereocenters. The largest absolute Gasteiger partial charge is 0.325 e. The number of amides is 1. The molecule has 1 fully saturated rings. The highest BCUT2D eigenvalue weighted by molar-refractivity contribution is 7.89. The van der Waals surface area contributed by atoms with E-state index in [1.165, 1.54) is 4.31 Å². The normalized spacial score (nSPS) is 17.6. The molecule has 8 heteroatoms. The number of piperidine rings is 1. The number of aromatic nitrogens is 1. The van der Waals surface area contributed by atoms with Gasteiger partial charge in [0, 0.05) is 23.2 Å². The maximum atomic E-state index is 13.1. The average Bonchev–Trinajstić information content (AvgIpc) is 3.21. The van der Waals surface area contributed by atoms with Gasteiger partial charge in [-0.15, -0.1) is 11.3 Å². The molecular weight excluding hydrogens is 418 g/mol. The standard InChI is InChI=1S/C22H23N3O3S2/c1-16-23-20(15-29-16)17-8-7-9-18(14-17)24-22(26)21-12-5-6-13-25(21)30(27,28)19-10-3-2-4-11-19/h2-4,7-11,14-15,21H,5-6,12-13H2,1H3,(H,24,26). The Balaban J connectivity index is 1.56. The fourth-order valence-electron chi connectivity index (χ4n) is 3.66. The molecule has 156 valence electrons. The molecule has 1 aromatic heterocycles. The molecule has 0 spiro atoms. The summed E-state index contributed by atoms with van der Waals surface area (Å²) in [5.41, 5.74) is 2.40. The highest BCUT2D eigenvalue weighted by Crippen LogP contribution is 2.28. The maximum Gasteiger partial charge on any atom is 0.243 e.